The molecular weight excluding hydrogens is 161 g/mol. The molecule has 2 unspecified atom stereocenters. The molecule has 0 aliphatic rings. The summed E-state index contributed by atoms with van der Waals surface area (Å²) in [4.78, 5) is 11.0. The first kappa shape index (κ1) is 11.2. The van der Waals surface area contributed by atoms with Crippen molar-refractivity contribution in [1.29, 1.82) is 0 Å². The predicted molar refractivity (Wildman–Crippen MR) is 48.2 cm³/mol. The molecule has 0 bridgehead atoms. The zero-order valence-corrected chi connectivity index (χ0v) is 8.50. The largest absolute Gasteiger partial charge is 0.345 e. The third-order valence-electron chi connectivity index (χ3n) is 1.92. The SMILES string of the molecule is CCC(N(CC)CC)[PH](=O)O. The van der Waals surface area contributed by atoms with Crippen molar-refractivity contribution in [2.24, 2.45) is 0 Å². The summed E-state index contributed by atoms with van der Waals surface area (Å²) < 4.78 is 10.8. The summed E-state index contributed by atoms with van der Waals surface area (Å²) in [5.41, 5.74) is 0. The van der Waals surface area contributed by atoms with Crippen LogP contribution in [0.1, 0.15) is 27.2 Å². The summed E-state index contributed by atoms with van der Waals surface area (Å²) in [6, 6.07) is 0. The van der Waals surface area contributed by atoms with Crippen molar-refractivity contribution in [3.63, 3.8) is 0 Å². The Labute approximate surface area is 69.3 Å². The lowest BCUT2D eigenvalue weighted by molar-refractivity contribution is 0.258. The van der Waals surface area contributed by atoms with Crippen LogP contribution in [-0.4, -0.2) is 28.7 Å². The second-order valence-corrected chi connectivity index (χ2v) is 3.83. The zero-order valence-electron chi connectivity index (χ0n) is 7.50. The smallest absolute Gasteiger partial charge is 0.205 e. The van der Waals surface area contributed by atoms with Crippen LogP contribution in [0.3, 0.4) is 0 Å². The van der Waals surface area contributed by atoms with Gasteiger partial charge in [-0.1, -0.05) is 20.8 Å². The molecular formula is C7H18NO2P. The molecule has 68 valence electrons. The molecule has 0 fully saturated rings. The molecule has 0 radical (unpaired) electrons. The maximum absolute atomic E-state index is 10.8. The minimum atomic E-state index is -2.37. The third-order valence-corrected chi connectivity index (χ3v) is 3.27. The number of hydrogen-bond donors (Lipinski definition) is 1. The Balaban J connectivity index is 4.09. The standard InChI is InChI=1S/C7H18NO2P/c1-4-7(11(9)10)8(5-2)6-3/h7,11H,4-6H2,1-3H3,(H,9,10). The molecule has 0 saturated heterocycles. The first-order valence-corrected chi connectivity index (χ1v) is 5.57. The van der Waals surface area contributed by atoms with Crippen LogP contribution in [0.5, 0.6) is 0 Å². The highest BCUT2D eigenvalue weighted by atomic mass is 31.1. The van der Waals surface area contributed by atoms with E-state index >= 15 is 0 Å². The molecule has 0 aromatic heterocycles. The summed E-state index contributed by atoms with van der Waals surface area (Å²) in [6.45, 7) is 7.67. The van der Waals surface area contributed by atoms with Gasteiger partial charge in [0.05, 0.1) is 5.78 Å². The van der Waals surface area contributed by atoms with E-state index in [0.29, 0.717) is 0 Å². The van der Waals surface area contributed by atoms with Crippen molar-refractivity contribution in [2.45, 2.75) is 33.0 Å². The molecule has 11 heavy (non-hydrogen) atoms. The maximum atomic E-state index is 10.8. The van der Waals surface area contributed by atoms with Gasteiger partial charge in [0.2, 0.25) is 8.03 Å². The van der Waals surface area contributed by atoms with Crippen molar-refractivity contribution in [2.75, 3.05) is 13.1 Å². The van der Waals surface area contributed by atoms with E-state index in [0.717, 1.165) is 19.5 Å². The molecule has 0 aliphatic carbocycles. The Hall–Kier alpha value is 0.150. The fourth-order valence-electron chi connectivity index (χ4n) is 1.25. The van der Waals surface area contributed by atoms with E-state index < -0.39 is 8.03 Å². The molecule has 4 heteroatoms. The van der Waals surface area contributed by atoms with E-state index in [2.05, 4.69) is 0 Å². The van der Waals surface area contributed by atoms with Gasteiger partial charge in [0.25, 0.3) is 0 Å². The van der Waals surface area contributed by atoms with Gasteiger partial charge >= 0.3 is 0 Å². The van der Waals surface area contributed by atoms with Gasteiger partial charge in [0.1, 0.15) is 0 Å². The minimum Gasteiger partial charge on any atom is -0.345 e. The molecule has 0 saturated carbocycles. The fraction of sp³-hybridized carbons (Fsp3) is 1.00. The second-order valence-electron chi connectivity index (χ2n) is 2.48. The molecule has 0 heterocycles. The Morgan fingerprint density at radius 1 is 1.36 bits per heavy atom. The quantitative estimate of drug-likeness (QED) is 0.650. The van der Waals surface area contributed by atoms with Gasteiger partial charge in [0.15, 0.2) is 0 Å². The molecule has 0 aliphatic heterocycles. The Bertz CT molecular complexity index is 126. The van der Waals surface area contributed by atoms with Crippen LogP contribution in [0.15, 0.2) is 0 Å². The lowest BCUT2D eigenvalue weighted by Gasteiger charge is -2.25. The Kier molecular flexibility index (Phi) is 5.83. The van der Waals surface area contributed by atoms with E-state index in [9.17, 15) is 4.57 Å². The van der Waals surface area contributed by atoms with Gasteiger partial charge in [-0.05, 0) is 19.5 Å². The minimum absolute atomic E-state index is 0.116. The van der Waals surface area contributed by atoms with Crippen LogP contribution in [0.25, 0.3) is 0 Å². The number of hydrogen-bond acceptors (Lipinski definition) is 2. The van der Waals surface area contributed by atoms with E-state index in [4.69, 9.17) is 4.89 Å². The van der Waals surface area contributed by atoms with Gasteiger partial charge in [-0.15, -0.1) is 0 Å². The highest BCUT2D eigenvalue weighted by Crippen LogP contribution is 2.27. The highest BCUT2D eigenvalue weighted by Gasteiger charge is 2.17. The molecule has 0 aromatic rings. The third kappa shape index (κ3) is 3.37. The average molecular weight is 179 g/mol. The van der Waals surface area contributed by atoms with Crippen LogP contribution in [0, 0.1) is 0 Å². The molecule has 2 atom stereocenters. The zero-order chi connectivity index (χ0) is 8.85. The summed E-state index contributed by atoms with van der Waals surface area (Å²) in [7, 11) is -2.37. The van der Waals surface area contributed by atoms with Gasteiger partial charge in [-0.3, -0.25) is 9.46 Å². The first-order valence-electron chi connectivity index (χ1n) is 4.14. The van der Waals surface area contributed by atoms with Gasteiger partial charge < -0.3 is 4.89 Å². The van der Waals surface area contributed by atoms with Crippen molar-refractivity contribution in [3.05, 3.63) is 0 Å². The molecule has 0 rings (SSSR count). The van der Waals surface area contributed by atoms with Crippen LogP contribution >= 0.6 is 8.03 Å². The molecule has 1 N–H and O–H groups in total. The lowest BCUT2D eigenvalue weighted by atomic mass is 10.4. The van der Waals surface area contributed by atoms with Gasteiger partial charge in [0, 0.05) is 0 Å². The van der Waals surface area contributed by atoms with Crippen LogP contribution < -0.4 is 0 Å². The summed E-state index contributed by atoms with van der Waals surface area (Å²) >= 11 is 0. The monoisotopic (exact) mass is 179 g/mol. The van der Waals surface area contributed by atoms with Gasteiger partial charge in [-0.25, -0.2) is 0 Å². The Morgan fingerprint density at radius 2 is 1.82 bits per heavy atom. The van der Waals surface area contributed by atoms with Crippen molar-refractivity contribution >= 4 is 8.03 Å². The number of rotatable bonds is 5. The molecule has 0 amide bonds. The summed E-state index contributed by atoms with van der Waals surface area (Å²) in [5.74, 6) is -0.116. The second kappa shape index (κ2) is 5.76. The van der Waals surface area contributed by atoms with Crippen molar-refractivity contribution in [1.82, 2.24) is 4.90 Å². The molecule has 3 nitrogen and oxygen atoms in total. The predicted octanol–water partition coefficient (Wildman–Crippen LogP) is 1.53. The molecule has 0 aromatic carbocycles. The lowest BCUT2D eigenvalue weighted by Crippen LogP contribution is -2.31. The first-order chi connectivity index (χ1) is 5.17. The van der Waals surface area contributed by atoms with E-state index in [1.165, 1.54) is 0 Å². The van der Waals surface area contributed by atoms with Crippen molar-refractivity contribution < 1.29 is 9.46 Å². The summed E-state index contributed by atoms with van der Waals surface area (Å²) in [5, 5.41) is 0. The Morgan fingerprint density at radius 3 is 1.91 bits per heavy atom. The topological polar surface area (TPSA) is 40.5 Å². The van der Waals surface area contributed by atoms with E-state index in [-0.39, 0.29) is 5.78 Å². The van der Waals surface area contributed by atoms with E-state index in [1.807, 2.05) is 25.7 Å². The maximum Gasteiger partial charge on any atom is 0.205 e. The number of nitrogens with zero attached hydrogens (tertiary/aromatic N) is 1. The van der Waals surface area contributed by atoms with Crippen molar-refractivity contribution in [3.8, 4) is 0 Å². The van der Waals surface area contributed by atoms with Crippen LogP contribution in [0.2, 0.25) is 0 Å². The summed E-state index contributed by atoms with van der Waals surface area (Å²) in [6.07, 6.45) is 0.760. The van der Waals surface area contributed by atoms with Crippen LogP contribution in [0.4, 0.5) is 0 Å². The average Bonchev–Trinajstić information content (AvgIpc) is 1.99. The molecule has 0 spiro atoms. The highest BCUT2D eigenvalue weighted by molar-refractivity contribution is 7.38. The van der Waals surface area contributed by atoms with Crippen LogP contribution in [-0.2, 0) is 4.57 Å². The fourth-order valence-corrected chi connectivity index (χ4v) is 2.28. The van der Waals surface area contributed by atoms with Gasteiger partial charge in [-0.2, -0.15) is 0 Å². The van der Waals surface area contributed by atoms with E-state index in [1.54, 1.807) is 0 Å². The normalized spacial score (nSPS) is 16.8.